The zero-order valence-electron chi connectivity index (χ0n) is 22.8. The Morgan fingerprint density at radius 1 is 1.12 bits per heavy atom. The molecular weight excluding hydrogens is 566 g/mol. The molecule has 0 aliphatic heterocycles. The lowest BCUT2D eigenvalue weighted by atomic mass is 9.85. The summed E-state index contributed by atoms with van der Waals surface area (Å²) in [5.41, 5.74) is 2.72. The van der Waals surface area contributed by atoms with E-state index in [1.54, 1.807) is 21.4 Å². The topological polar surface area (TPSA) is 107 Å². The van der Waals surface area contributed by atoms with Gasteiger partial charge in [0.05, 0.1) is 28.4 Å². The molecule has 42 heavy (non-hydrogen) atoms. The van der Waals surface area contributed by atoms with Crippen molar-refractivity contribution in [2.45, 2.75) is 51.3 Å². The molecule has 0 unspecified atom stereocenters. The average Bonchev–Trinajstić information content (AvgIpc) is 3.46. The van der Waals surface area contributed by atoms with Gasteiger partial charge in [-0.05, 0) is 74.1 Å². The third-order valence-electron chi connectivity index (χ3n) is 8.20. The molecule has 0 bridgehead atoms. The number of pyridine rings is 2. The Hall–Kier alpha value is -4.09. The first-order valence-electron chi connectivity index (χ1n) is 13.8. The second-order valence-corrected chi connectivity index (χ2v) is 11.2. The first-order valence-corrected chi connectivity index (χ1v) is 14.1. The van der Waals surface area contributed by atoms with Gasteiger partial charge in [0.15, 0.2) is 5.65 Å². The SMILES string of the molecule is Cn1c(CO)cc2cc(-n3c(=O)n(C[C@H]4CC[C@H](NC(=O)c5cc(Cl)cnc5C(F)F)CC4)c4cccnc43)ccc21. The van der Waals surface area contributed by atoms with Crippen molar-refractivity contribution in [2.75, 3.05) is 0 Å². The number of amides is 1. The Kier molecular flexibility index (Phi) is 7.54. The maximum atomic E-state index is 13.8. The number of carbonyl (C=O) groups excluding carboxylic acids is 1. The molecule has 0 atom stereocenters. The highest BCUT2D eigenvalue weighted by molar-refractivity contribution is 6.30. The summed E-state index contributed by atoms with van der Waals surface area (Å²) >= 11 is 5.91. The van der Waals surface area contributed by atoms with E-state index >= 15 is 0 Å². The van der Waals surface area contributed by atoms with Crippen molar-refractivity contribution < 1.29 is 18.7 Å². The van der Waals surface area contributed by atoms with Crippen LogP contribution in [0.3, 0.4) is 0 Å². The zero-order valence-corrected chi connectivity index (χ0v) is 23.6. The Labute approximate surface area is 244 Å². The number of carbonyl (C=O) groups is 1. The zero-order chi connectivity index (χ0) is 29.5. The van der Waals surface area contributed by atoms with Gasteiger partial charge in [-0.25, -0.2) is 23.1 Å². The Balaban J connectivity index is 1.20. The van der Waals surface area contributed by atoms with Crippen LogP contribution >= 0.6 is 11.6 Å². The number of alkyl halides is 2. The van der Waals surface area contributed by atoms with E-state index in [0.717, 1.165) is 41.2 Å². The molecule has 1 aliphatic rings. The summed E-state index contributed by atoms with van der Waals surface area (Å²) in [4.78, 5) is 34.8. The van der Waals surface area contributed by atoms with E-state index in [1.807, 2.05) is 41.9 Å². The lowest BCUT2D eigenvalue weighted by Crippen LogP contribution is -2.39. The largest absolute Gasteiger partial charge is 0.390 e. The molecule has 1 fully saturated rings. The van der Waals surface area contributed by atoms with Crippen LogP contribution in [0.15, 0.2) is 59.7 Å². The Morgan fingerprint density at radius 2 is 1.90 bits per heavy atom. The minimum atomic E-state index is -2.89. The number of aliphatic hydroxyl groups is 1. The van der Waals surface area contributed by atoms with E-state index < -0.39 is 18.0 Å². The molecule has 4 heterocycles. The lowest BCUT2D eigenvalue weighted by molar-refractivity contribution is 0.0904. The highest BCUT2D eigenvalue weighted by Crippen LogP contribution is 2.29. The highest BCUT2D eigenvalue weighted by Gasteiger charge is 2.27. The van der Waals surface area contributed by atoms with Crippen LogP contribution in [0.4, 0.5) is 8.78 Å². The first kappa shape index (κ1) is 28.0. The fourth-order valence-electron chi connectivity index (χ4n) is 6.00. The number of rotatable bonds is 7. The number of aryl methyl sites for hydroxylation is 1. The second kappa shape index (κ2) is 11.3. The Morgan fingerprint density at radius 3 is 2.64 bits per heavy atom. The van der Waals surface area contributed by atoms with E-state index in [1.165, 1.54) is 6.07 Å². The molecule has 6 rings (SSSR count). The van der Waals surface area contributed by atoms with Crippen LogP contribution in [0.25, 0.3) is 27.8 Å². The number of hydrogen-bond donors (Lipinski definition) is 2. The number of nitrogens with one attached hydrogen (secondary N) is 1. The van der Waals surface area contributed by atoms with E-state index in [4.69, 9.17) is 11.6 Å². The van der Waals surface area contributed by atoms with Gasteiger partial charge in [-0.3, -0.25) is 14.3 Å². The molecule has 1 saturated carbocycles. The smallest absolute Gasteiger partial charge is 0.334 e. The third-order valence-corrected chi connectivity index (χ3v) is 8.40. The van der Waals surface area contributed by atoms with E-state index in [9.17, 15) is 23.5 Å². The monoisotopic (exact) mass is 594 g/mol. The standard InChI is InChI=1S/C30H29ClF2N6O3/c1-37-22(16-40)12-18-11-21(8-9-24(18)37)39-28-25(3-2-10-34-28)38(30(39)42)15-17-4-6-20(7-5-17)36-29(41)23-13-19(31)14-35-26(23)27(32)33/h2-3,8-14,17,20,27,40H,4-7,15-16H2,1H3,(H,36,41)/t17-,20-. The van der Waals surface area contributed by atoms with Crippen molar-refractivity contribution in [1.29, 1.82) is 0 Å². The molecule has 9 nitrogen and oxygen atoms in total. The van der Waals surface area contributed by atoms with Crippen LogP contribution in [0.1, 0.15) is 53.9 Å². The minimum Gasteiger partial charge on any atom is -0.390 e. The quantitative estimate of drug-likeness (QED) is 0.271. The Bertz CT molecular complexity index is 1860. The molecule has 218 valence electrons. The van der Waals surface area contributed by atoms with Crippen LogP contribution < -0.4 is 11.0 Å². The van der Waals surface area contributed by atoms with Crippen LogP contribution in [-0.4, -0.2) is 40.7 Å². The van der Waals surface area contributed by atoms with Crippen LogP contribution in [0, 0.1) is 5.92 Å². The summed E-state index contributed by atoms with van der Waals surface area (Å²) < 4.78 is 32.1. The number of benzene rings is 1. The maximum absolute atomic E-state index is 13.8. The van der Waals surface area contributed by atoms with Crippen LogP contribution in [0.2, 0.25) is 5.02 Å². The molecule has 0 radical (unpaired) electrons. The van der Waals surface area contributed by atoms with Crippen molar-refractivity contribution in [1.82, 2.24) is 29.0 Å². The van der Waals surface area contributed by atoms with Crippen molar-refractivity contribution in [3.05, 3.63) is 87.3 Å². The summed E-state index contributed by atoms with van der Waals surface area (Å²) in [6.07, 6.45) is 2.68. The van der Waals surface area contributed by atoms with Crippen molar-refractivity contribution in [3.63, 3.8) is 0 Å². The molecule has 1 aromatic carbocycles. The van der Waals surface area contributed by atoms with Crippen LogP contribution in [-0.2, 0) is 20.2 Å². The summed E-state index contributed by atoms with van der Waals surface area (Å²) in [6.45, 7) is 0.409. The maximum Gasteiger partial charge on any atom is 0.334 e. The molecule has 0 saturated heterocycles. The fraction of sp³-hybridized carbons (Fsp3) is 0.333. The number of aromatic nitrogens is 5. The number of halogens is 3. The summed E-state index contributed by atoms with van der Waals surface area (Å²) in [6, 6.07) is 12.4. The average molecular weight is 595 g/mol. The van der Waals surface area contributed by atoms with Crippen LogP contribution in [0.5, 0.6) is 0 Å². The molecule has 1 aliphatic carbocycles. The minimum absolute atomic E-state index is 0.0815. The molecule has 4 aromatic heterocycles. The van der Waals surface area contributed by atoms with Gasteiger partial charge in [0, 0.05) is 48.6 Å². The van der Waals surface area contributed by atoms with Crippen molar-refractivity contribution in [3.8, 4) is 5.69 Å². The summed E-state index contributed by atoms with van der Waals surface area (Å²) in [7, 11) is 1.89. The molecule has 2 N–H and O–H groups in total. The number of nitrogens with zero attached hydrogens (tertiary/aromatic N) is 5. The number of aliphatic hydroxyl groups excluding tert-OH is 1. The second-order valence-electron chi connectivity index (χ2n) is 10.7. The van der Waals surface area contributed by atoms with E-state index in [-0.39, 0.29) is 34.8 Å². The number of hydrogen-bond acceptors (Lipinski definition) is 5. The van der Waals surface area contributed by atoms with E-state index in [2.05, 4.69) is 15.3 Å². The van der Waals surface area contributed by atoms with Crippen molar-refractivity contribution in [2.24, 2.45) is 13.0 Å². The van der Waals surface area contributed by atoms with Gasteiger partial charge in [-0.1, -0.05) is 11.6 Å². The molecule has 5 aromatic rings. The molecular formula is C30H29ClF2N6O3. The highest BCUT2D eigenvalue weighted by atomic mass is 35.5. The van der Waals surface area contributed by atoms with Gasteiger partial charge in [-0.2, -0.15) is 0 Å². The first-order chi connectivity index (χ1) is 20.2. The van der Waals surface area contributed by atoms with Gasteiger partial charge < -0.3 is 15.0 Å². The fourth-order valence-corrected chi connectivity index (χ4v) is 6.15. The van der Waals surface area contributed by atoms with Gasteiger partial charge >= 0.3 is 5.69 Å². The predicted octanol–water partition coefficient (Wildman–Crippen LogP) is 5.15. The number of imidazole rings is 1. The van der Waals surface area contributed by atoms with Gasteiger partial charge in [0.25, 0.3) is 12.3 Å². The van der Waals surface area contributed by atoms with Gasteiger partial charge in [-0.15, -0.1) is 0 Å². The van der Waals surface area contributed by atoms with Gasteiger partial charge in [0.1, 0.15) is 5.69 Å². The van der Waals surface area contributed by atoms with E-state index in [0.29, 0.717) is 30.7 Å². The van der Waals surface area contributed by atoms with Gasteiger partial charge in [0.2, 0.25) is 0 Å². The third kappa shape index (κ3) is 5.07. The molecule has 0 spiro atoms. The summed E-state index contributed by atoms with van der Waals surface area (Å²) in [5.74, 6) is -0.432. The van der Waals surface area contributed by atoms with Crippen molar-refractivity contribution >= 4 is 39.6 Å². The normalized spacial score (nSPS) is 17.4. The predicted molar refractivity (Wildman–Crippen MR) is 155 cm³/mol. The molecule has 12 heteroatoms. The lowest BCUT2D eigenvalue weighted by Gasteiger charge is -2.29. The molecule has 1 amide bonds. The number of fused-ring (bicyclic) bond motifs is 2. The summed E-state index contributed by atoms with van der Waals surface area (Å²) in [5, 5.41) is 13.6.